The number of phosphoric ester groups is 1. The minimum Gasteiger partial charge on any atom is -0.456 e. The Morgan fingerprint density at radius 3 is 1.35 bits per heavy atom. The van der Waals surface area contributed by atoms with Gasteiger partial charge in [0.05, 0.1) is 33.8 Å². The summed E-state index contributed by atoms with van der Waals surface area (Å²) >= 11 is 0. The first kappa shape index (κ1) is 68.7. The van der Waals surface area contributed by atoms with Crippen LogP contribution < -0.4 is 5.32 Å². The molecule has 0 radical (unpaired) electrons. The van der Waals surface area contributed by atoms with Crippen LogP contribution >= 0.6 is 7.82 Å². The van der Waals surface area contributed by atoms with Crippen molar-refractivity contribution < 1.29 is 37.3 Å². The number of phosphoric acid groups is 1. The molecule has 412 valence electrons. The van der Waals surface area contributed by atoms with E-state index in [1.54, 1.807) is 0 Å². The van der Waals surface area contributed by atoms with Crippen molar-refractivity contribution in [1.29, 1.82) is 0 Å². The fraction of sp³-hybridized carbons (Fsp3) is 0.677. The first-order chi connectivity index (χ1) is 34.9. The lowest BCUT2D eigenvalue weighted by Gasteiger charge is -2.27. The Morgan fingerprint density at radius 2 is 0.889 bits per heavy atom. The van der Waals surface area contributed by atoms with E-state index >= 15 is 0 Å². The van der Waals surface area contributed by atoms with Gasteiger partial charge in [0.15, 0.2) is 0 Å². The van der Waals surface area contributed by atoms with Crippen LogP contribution in [0.25, 0.3) is 0 Å². The van der Waals surface area contributed by atoms with Crippen LogP contribution in [-0.4, -0.2) is 74.3 Å². The molecule has 72 heavy (non-hydrogen) atoms. The van der Waals surface area contributed by atoms with Crippen LogP contribution in [-0.2, 0) is 27.9 Å². The molecule has 0 aliphatic rings. The monoisotopic (exact) mass is 1020 g/mol. The Morgan fingerprint density at radius 1 is 0.500 bits per heavy atom. The maximum absolute atomic E-state index is 13.5. The number of rotatable bonds is 50. The van der Waals surface area contributed by atoms with E-state index in [9.17, 15) is 19.0 Å². The molecule has 0 aromatic carbocycles. The standard InChI is InChI=1S/C62H107N2O7P/c1-7-10-13-16-19-22-25-28-30-32-34-37-40-43-46-49-52-55-62(66)71-60(53-50-47-44-41-38-35-27-24-21-18-15-12-9-3)59(58-70-72(67,68)69-57-56-64(4,5)6)63-61(65)54-51-48-45-42-39-36-33-31-29-26-23-20-17-14-11-8-2/h10,13,16,19,22,25,28,30-34,36-37,39-40,50,53,59-60H,7-9,11-12,14-15,17-18,20-21,23-24,26-27,29,35,38,41-49,51-52,54-58H2,1-6H3,(H-,63,65,67,68)/p+1/b13-10-,19-16+,25-22+,30-28-,33-31+,34-32+,39-36+,40-37+,53-50+. The number of nitrogens with one attached hydrogen (secondary N) is 1. The third-order valence-electron chi connectivity index (χ3n) is 12.1. The molecule has 0 heterocycles. The predicted octanol–water partition coefficient (Wildman–Crippen LogP) is 17.4. The Hall–Kier alpha value is -3.33. The Balaban J connectivity index is 5.53. The largest absolute Gasteiger partial charge is 0.472 e. The molecular weight excluding hydrogens is 916 g/mol. The molecule has 3 atom stereocenters. The molecular formula is C62H108N2O7P+. The van der Waals surface area contributed by atoms with Crippen LogP contribution in [0.3, 0.4) is 0 Å². The average molecular weight is 1020 g/mol. The lowest BCUT2D eigenvalue weighted by atomic mass is 10.0. The van der Waals surface area contributed by atoms with Gasteiger partial charge in [0.2, 0.25) is 5.91 Å². The molecule has 0 bridgehead atoms. The second-order valence-corrected chi connectivity index (χ2v) is 21.7. The summed E-state index contributed by atoms with van der Waals surface area (Å²) in [6.45, 7) is 6.79. The number of allylic oxidation sites excluding steroid dienone is 17. The fourth-order valence-electron chi connectivity index (χ4n) is 7.67. The summed E-state index contributed by atoms with van der Waals surface area (Å²) in [5.41, 5.74) is 0. The van der Waals surface area contributed by atoms with E-state index < -0.39 is 20.0 Å². The zero-order valence-corrected chi connectivity index (χ0v) is 47.8. The zero-order chi connectivity index (χ0) is 52.9. The number of hydrogen-bond donors (Lipinski definition) is 2. The highest BCUT2D eigenvalue weighted by Crippen LogP contribution is 2.43. The van der Waals surface area contributed by atoms with Gasteiger partial charge in [0.1, 0.15) is 19.3 Å². The van der Waals surface area contributed by atoms with E-state index in [1.807, 2.05) is 94.1 Å². The average Bonchev–Trinajstić information content (AvgIpc) is 3.34. The molecule has 9 nitrogen and oxygen atoms in total. The predicted molar refractivity (Wildman–Crippen MR) is 309 cm³/mol. The quantitative estimate of drug-likeness (QED) is 0.0156. The summed E-state index contributed by atoms with van der Waals surface area (Å²) in [6.07, 6.45) is 69.4. The van der Waals surface area contributed by atoms with Crippen molar-refractivity contribution >= 4 is 19.7 Å². The highest BCUT2D eigenvalue weighted by molar-refractivity contribution is 7.47. The summed E-state index contributed by atoms with van der Waals surface area (Å²) in [4.78, 5) is 37.6. The molecule has 10 heteroatoms. The summed E-state index contributed by atoms with van der Waals surface area (Å²) in [5, 5.41) is 3.02. The number of quaternary nitrogens is 1. The number of unbranched alkanes of at least 4 members (excludes halogenated alkanes) is 24. The minimum absolute atomic E-state index is 0.0218. The second kappa shape index (κ2) is 51.2. The van der Waals surface area contributed by atoms with E-state index in [4.69, 9.17) is 13.8 Å². The van der Waals surface area contributed by atoms with E-state index in [0.717, 1.165) is 70.6 Å². The number of amides is 1. The molecule has 1 amide bonds. The van der Waals surface area contributed by atoms with Gasteiger partial charge in [-0.05, 0) is 76.7 Å². The first-order valence-electron chi connectivity index (χ1n) is 28.8. The third kappa shape index (κ3) is 51.6. The maximum Gasteiger partial charge on any atom is 0.472 e. The molecule has 0 spiro atoms. The molecule has 0 aromatic rings. The highest BCUT2D eigenvalue weighted by atomic mass is 31.2. The summed E-state index contributed by atoms with van der Waals surface area (Å²) < 4.78 is 30.6. The zero-order valence-electron chi connectivity index (χ0n) is 46.9. The lowest BCUT2D eigenvalue weighted by molar-refractivity contribution is -0.870. The van der Waals surface area contributed by atoms with Crippen molar-refractivity contribution in [3.8, 4) is 0 Å². The van der Waals surface area contributed by atoms with Crippen LogP contribution in [0.5, 0.6) is 0 Å². The van der Waals surface area contributed by atoms with Crippen molar-refractivity contribution in [1.82, 2.24) is 5.32 Å². The minimum atomic E-state index is -4.47. The summed E-state index contributed by atoms with van der Waals surface area (Å²) in [6, 6.07) is -0.887. The third-order valence-corrected chi connectivity index (χ3v) is 13.1. The number of carbonyl (C=O) groups excluding carboxylic acids is 2. The van der Waals surface area contributed by atoms with Gasteiger partial charge in [-0.2, -0.15) is 0 Å². The van der Waals surface area contributed by atoms with Crippen LogP contribution in [0.1, 0.15) is 220 Å². The van der Waals surface area contributed by atoms with Crippen LogP contribution in [0.2, 0.25) is 0 Å². The summed E-state index contributed by atoms with van der Waals surface area (Å²) in [5.74, 6) is -0.594. The molecule has 0 rings (SSSR count). The number of nitrogens with zero attached hydrogens (tertiary/aromatic N) is 1. The van der Waals surface area contributed by atoms with E-state index in [2.05, 4.69) is 62.5 Å². The number of carbonyl (C=O) groups is 2. The SMILES string of the molecule is CC\C=C/C=C/C=C/C=C\C=C\C=C\CCCCCC(=O)OC(/C=C/CCCCCCCCCCCCC)C(COP(=O)(O)OCC[N+](C)(C)C)NC(=O)CCCCC/C=C/C=C/CCCCCCCCC. The Bertz CT molecular complexity index is 1600. The maximum atomic E-state index is 13.5. The van der Waals surface area contributed by atoms with Gasteiger partial charge < -0.3 is 19.4 Å². The van der Waals surface area contributed by atoms with Crippen molar-refractivity contribution in [2.45, 2.75) is 232 Å². The molecule has 2 N–H and O–H groups in total. The van der Waals surface area contributed by atoms with Crippen molar-refractivity contribution in [3.05, 3.63) is 109 Å². The number of esters is 1. The van der Waals surface area contributed by atoms with Gasteiger partial charge >= 0.3 is 13.8 Å². The Kier molecular flexibility index (Phi) is 48.8. The lowest BCUT2D eigenvalue weighted by Crippen LogP contribution is -2.47. The normalized spacial score (nSPS) is 14.6. The summed E-state index contributed by atoms with van der Waals surface area (Å²) in [7, 11) is 1.44. The van der Waals surface area contributed by atoms with Crippen LogP contribution in [0.15, 0.2) is 109 Å². The first-order valence-corrected chi connectivity index (χ1v) is 30.3. The smallest absolute Gasteiger partial charge is 0.456 e. The molecule has 0 saturated carbocycles. The van der Waals surface area contributed by atoms with Crippen molar-refractivity contribution in [2.24, 2.45) is 0 Å². The van der Waals surface area contributed by atoms with Gasteiger partial charge in [0.25, 0.3) is 0 Å². The van der Waals surface area contributed by atoms with Crippen LogP contribution in [0.4, 0.5) is 0 Å². The van der Waals surface area contributed by atoms with E-state index in [1.165, 1.54) is 103 Å². The number of hydrogen-bond acceptors (Lipinski definition) is 6. The molecule has 0 aliphatic heterocycles. The molecule has 0 aliphatic carbocycles. The Labute approximate surface area is 442 Å². The van der Waals surface area contributed by atoms with Crippen molar-refractivity contribution in [2.75, 3.05) is 40.9 Å². The van der Waals surface area contributed by atoms with Gasteiger partial charge in [-0.15, -0.1) is 0 Å². The number of ether oxygens (including phenoxy) is 1. The molecule has 0 aromatic heterocycles. The van der Waals surface area contributed by atoms with Gasteiger partial charge in [0, 0.05) is 12.8 Å². The molecule has 0 fully saturated rings. The second-order valence-electron chi connectivity index (χ2n) is 20.3. The van der Waals surface area contributed by atoms with Crippen molar-refractivity contribution in [3.63, 3.8) is 0 Å². The number of likely N-dealkylation sites (N-methyl/N-ethyl adjacent to an activating group) is 1. The van der Waals surface area contributed by atoms with Gasteiger partial charge in [-0.3, -0.25) is 18.6 Å². The van der Waals surface area contributed by atoms with Gasteiger partial charge in [-0.25, -0.2) is 4.57 Å². The van der Waals surface area contributed by atoms with Crippen LogP contribution in [0, 0.1) is 0 Å². The van der Waals surface area contributed by atoms with Gasteiger partial charge in [-0.1, -0.05) is 240 Å². The van der Waals surface area contributed by atoms with E-state index in [0.29, 0.717) is 23.9 Å². The topological polar surface area (TPSA) is 111 Å². The highest BCUT2D eigenvalue weighted by Gasteiger charge is 2.30. The molecule has 0 saturated heterocycles. The van der Waals surface area contributed by atoms with E-state index in [-0.39, 0.29) is 37.9 Å². The molecule has 3 unspecified atom stereocenters. The fourth-order valence-corrected chi connectivity index (χ4v) is 8.40.